The van der Waals surface area contributed by atoms with E-state index in [1.165, 1.54) is 6.92 Å². The van der Waals surface area contributed by atoms with Gasteiger partial charge in [-0.25, -0.2) is 0 Å². The maximum absolute atomic E-state index is 10.9. The molecule has 14 heavy (non-hydrogen) atoms. The predicted octanol–water partition coefficient (Wildman–Crippen LogP) is 2.79. The third-order valence-corrected chi connectivity index (χ3v) is 1.84. The largest absolute Gasteiger partial charge is 0.449 e. The second-order valence-corrected chi connectivity index (χ2v) is 3.48. The van der Waals surface area contributed by atoms with Gasteiger partial charge in [0.2, 0.25) is 0 Å². The first-order valence-corrected chi connectivity index (χ1v) is 4.72. The van der Waals surface area contributed by atoms with Crippen LogP contribution >= 0.6 is 0 Å². The molecule has 0 atom stereocenters. The number of esters is 1. The second kappa shape index (κ2) is 4.80. The van der Waals surface area contributed by atoms with E-state index in [9.17, 15) is 4.79 Å². The summed E-state index contributed by atoms with van der Waals surface area (Å²) in [5.41, 5.74) is 0.970. The van der Waals surface area contributed by atoms with Crippen LogP contribution < -0.4 is 0 Å². The fourth-order valence-electron chi connectivity index (χ4n) is 1.27. The van der Waals surface area contributed by atoms with Crippen LogP contribution in [0.5, 0.6) is 0 Å². The Morgan fingerprint density at radius 2 is 1.79 bits per heavy atom. The Kier molecular flexibility index (Phi) is 3.69. The lowest BCUT2D eigenvalue weighted by Crippen LogP contribution is -2.15. The van der Waals surface area contributed by atoms with E-state index in [1.807, 2.05) is 44.2 Å². The molecule has 0 amide bonds. The number of ether oxygens (including phenoxy) is 1. The van der Waals surface area contributed by atoms with E-state index in [-0.39, 0.29) is 11.9 Å². The third kappa shape index (κ3) is 2.87. The van der Waals surface area contributed by atoms with Gasteiger partial charge in [-0.05, 0) is 0 Å². The minimum absolute atomic E-state index is 0.210. The number of carbonyl (C=O) groups is 1. The van der Waals surface area contributed by atoms with Crippen molar-refractivity contribution in [3.63, 3.8) is 0 Å². The Morgan fingerprint density at radius 3 is 2.21 bits per heavy atom. The summed E-state index contributed by atoms with van der Waals surface area (Å²) in [7, 11) is 0. The molecule has 2 nitrogen and oxygen atoms in total. The Hall–Kier alpha value is -1.31. The van der Waals surface area contributed by atoms with Gasteiger partial charge >= 0.3 is 5.97 Å². The molecule has 0 saturated heterocycles. The average molecular weight is 191 g/mol. The number of hydrogen-bond acceptors (Lipinski definition) is 2. The van der Waals surface area contributed by atoms with Gasteiger partial charge in [0.1, 0.15) is 0 Å². The molecule has 0 unspecified atom stereocenters. The van der Waals surface area contributed by atoms with Crippen molar-refractivity contribution in [1.82, 2.24) is 0 Å². The van der Waals surface area contributed by atoms with E-state index in [0.717, 1.165) is 11.7 Å². The summed E-state index contributed by atoms with van der Waals surface area (Å²) in [5, 5.41) is 0. The fraction of sp³-hybridized carbons (Fsp3) is 0.333. The van der Waals surface area contributed by atoms with Crippen molar-refractivity contribution in [1.29, 1.82) is 0 Å². The van der Waals surface area contributed by atoms with E-state index in [4.69, 9.17) is 4.74 Å². The Bertz CT molecular complexity index is 290. The number of carbonyl (C=O) groups excluding carboxylic acids is 1. The molecule has 0 aromatic heterocycles. The van der Waals surface area contributed by atoms with Crippen LogP contribution in [-0.4, -0.2) is 5.97 Å². The molecule has 0 spiro atoms. The molecule has 75 valence electrons. The van der Waals surface area contributed by atoms with Crippen LogP contribution in [0.1, 0.15) is 26.3 Å². The van der Waals surface area contributed by atoms with Gasteiger partial charge in [0.25, 0.3) is 0 Å². The summed E-state index contributed by atoms with van der Waals surface area (Å²) >= 11 is 0. The van der Waals surface area contributed by atoms with E-state index in [0.29, 0.717) is 0 Å². The van der Waals surface area contributed by atoms with Crippen molar-refractivity contribution in [2.24, 2.45) is 5.92 Å². The molecule has 0 heterocycles. The number of hydrogen-bond donors (Lipinski definition) is 0. The topological polar surface area (TPSA) is 26.3 Å². The molecular formula is C12H15O2. The maximum Gasteiger partial charge on any atom is 0.303 e. The fourth-order valence-corrected chi connectivity index (χ4v) is 1.27. The maximum atomic E-state index is 10.9. The molecule has 1 radical (unpaired) electrons. The van der Waals surface area contributed by atoms with Crippen LogP contribution in [-0.2, 0) is 9.53 Å². The molecule has 0 aliphatic rings. The van der Waals surface area contributed by atoms with Gasteiger partial charge in [-0.3, -0.25) is 4.79 Å². The molecule has 0 aliphatic heterocycles. The molecule has 2 heteroatoms. The normalized spacial score (nSPS) is 10.6. The van der Waals surface area contributed by atoms with E-state index >= 15 is 0 Å². The summed E-state index contributed by atoms with van der Waals surface area (Å²) in [4.78, 5) is 10.9. The molecule has 0 saturated carbocycles. The summed E-state index contributed by atoms with van der Waals surface area (Å²) in [5.74, 6) is -0.0566. The first-order valence-electron chi connectivity index (χ1n) is 4.72. The second-order valence-electron chi connectivity index (χ2n) is 3.48. The van der Waals surface area contributed by atoms with E-state index in [1.54, 1.807) is 0 Å². The molecule has 1 aromatic rings. The Labute approximate surface area is 84.9 Å². The van der Waals surface area contributed by atoms with Gasteiger partial charge in [0.15, 0.2) is 6.10 Å². The zero-order valence-corrected chi connectivity index (χ0v) is 8.78. The minimum atomic E-state index is -0.266. The monoisotopic (exact) mass is 191 g/mol. The molecular weight excluding hydrogens is 176 g/mol. The van der Waals surface area contributed by atoms with Crippen molar-refractivity contribution in [2.75, 3.05) is 0 Å². The highest BCUT2D eigenvalue weighted by Gasteiger charge is 2.19. The summed E-state index contributed by atoms with van der Waals surface area (Å²) in [6.07, 6.45) is 0.734. The smallest absolute Gasteiger partial charge is 0.303 e. The van der Waals surface area contributed by atoms with Crippen molar-refractivity contribution in [3.05, 3.63) is 42.0 Å². The number of rotatable bonds is 3. The zero-order valence-electron chi connectivity index (χ0n) is 8.78. The van der Waals surface area contributed by atoms with Crippen molar-refractivity contribution >= 4 is 5.97 Å². The zero-order chi connectivity index (χ0) is 10.6. The predicted molar refractivity (Wildman–Crippen MR) is 55.4 cm³/mol. The first-order chi connectivity index (χ1) is 6.61. The third-order valence-electron chi connectivity index (χ3n) is 1.84. The van der Waals surface area contributed by atoms with Gasteiger partial charge in [0.05, 0.1) is 0 Å². The minimum Gasteiger partial charge on any atom is -0.449 e. The van der Waals surface area contributed by atoms with Crippen molar-refractivity contribution in [3.8, 4) is 0 Å². The molecule has 1 rings (SSSR count). The molecule has 0 N–H and O–H groups in total. The van der Waals surface area contributed by atoms with Gasteiger partial charge < -0.3 is 4.74 Å². The number of benzene rings is 1. The SMILES string of the molecule is CC(=O)O[C](c1ccccc1)C(C)C. The van der Waals surface area contributed by atoms with Crippen LogP contribution in [0, 0.1) is 12.0 Å². The van der Waals surface area contributed by atoms with Crippen molar-refractivity contribution < 1.29 is 9.53 Å². The molecule has 1 aromatic carbocycles. The van der Waals surface area contributed by atoms with Crippen LogP contribution in [0.4, 0.5) is 0 Å². The van der Waals surface area contributed by atoms with Crippen molar-refractivity contribution in [2.45, 2.75) is 20.8 Å². The van der Waals surface area contributed by atoms with E-state index < -0.39 is 0 Å². The summed E-state index contributed by atoms with van der Waals surface area (Å²) in [6, 6.07) is 9.69. The summed E-state index contributed by atoms with van der Waals surface area (Å²) in [6.45, 7) is 5.43. The van der Waals surface area contributed by atoms with Gasteiger partial charge in [-0.15, -0.1) is 0 Å². The van der Waals surface area contributed by atoms with Crippen LogP contribution in [0.3, 0.4) is 0 Å². The standard InChI is InChI=1S/C12H15O2/c1-9(2)12(14-10(3)13)11-7-5-4-6-8-11/h4-9H,1-3H3. The highest BCUT2D eigenvalue weighted by Crippen LogP contribution is 2.24. The molecule has 0 aliphatic carbocycles. The highest BCUT2D eigenvalue weighted by atomic mass is 16.5. The van der Waals surface area contributed by atoms with Gasteiger partial charge in [-0.1, -0.05) is 44.2 Å². The Balaban J connectivity index is 2.83. The van der Waals surface area contributed by atoms with E-state index in [2.05, 4.69) is 0 Å². The quantitative estimate of drug-likeness (QED) is 0.687. The van der Waals surface area contributed by atoms with Crippen LogP contribution in [0.2, 0.25) is 0 Å². The van der Waals surface area contributed by atoms with Crippen LogP contribution in [0.15, 0.2) is 30.3 Å². The lowest BCUT2D eigenvalue weighted by Gasteiger charge is -2.18. The van der Waals surface area contributed by atoms with Crippen LogP contribution in [0.25, 0.3) is 0 Å². The van der Waals surface area contributed by atoms with Gasteiger partial charge in [0, 0.05) is 18.4 Å². The summed E-state index contributed by atoms with van der Waals surface area (Å²) < 4.78 is 5.18. The molecule has 0 fully saturated rings. The average Bonchev–Trinajstić information content (AvgIpc) is 2.15. The van der Waals surface area contributed by atoms with Gasteiger partial charge in [-0.2, -0.15) is 0 Å². The lowest BCUT2D eigenvalue weighted by atomic mass is 9.99. The molecule has 0 bridgehead atoms. The Morgan fingerprint density at radius 1 is 1.21 bits per heavy atom. The highest BCUT2D eigenvalue weighted by molar-refractivity contribution is 5.67. The first kappa shape index (κ1) is 10.8. The lowest BCUT2D eigenvalue weighted by molar-refractivity contribution is -0.140.